The van der Waals surface area contributed by atoms with Crippen molar-refractivity contribution in [1.82, 2.24) is 0 Å². The average Bonchev–Trinajstić information content (AvgIpc) is 3.00. The first-order valence-electron chi connectivity index (χ1n) is 13.1. The lowest BCUT2D eigenvalue weighted by Crippen LogP contribution is -2.13. The predicted octanol–water partition coefficient (Wildman–Crippen LogP) is 11.2. The maximum atomic E-state index is 6.50. The van der Waals surface area contributed by atoms with Gasteiger partial charge in [-0.05, 0) is 72.8 Å². The van der Waals surface area contributed by atoms with Crippen LogP contribution in [0.25, 0.3) is 0 Å². The zero-order valence-corrected chi connectivity index (χ0v) is 23.4. The van der Waals surface area contributed by atoms with E-state index in [9.17, 15) is 0 Å². The first-order valence-corrected chi connectivity index (χ1v) is 13.9. The molecule has 0 atom stereocenters. The van der Waals surface area contributed by atoms with Crippen LogP contribution in [0.4, 0.5) is 34.1 Å². The fourth-order valence-corrected chi connectivity index (χ4v) is 5.13. The lowest BCUT2D eigenvalue weighted by Gasteiger charge is -2.30. The molecule has 0 aliphatic carbocycles. The van der Waals surface area contributed by atoms with Crippen molar-refractivity contribution < 1.29 is 4.74 Å². The van der Waals surface area contributed by atoms with Gasteiger partial charge in [0.1, 0.15) is 11.5 Å². The van der Waals surface area contributed by atoms with E-state index in [0.717, 1.165) is 50.1 Å². The fourth-order valence-electron chi connectivity index (χ4n) is 4.75. The maximum Gasteiger partial charge on any atom is 0.131 e. The van der Waals surface area contributed by atoms with Gasteiger partial charge in [-0.1, -0.05) is 94.8 Å². The van der Waals surface area contributed by atoms with Crippen molar-refractivity contribution in [2.45, 2.75) is 0 Å². The third kappa shape index (κ3) is 5.78. The minimum atomic E-state index is 0.735. The van der Waals surface area contributed by atoms with Crippen LogP contribution < -0.4 is 14.5 Å². The molecule has 0 saturated heterocycles. The van der Waals surface area contributed by atoms with Crippen molar-refractivity contribution in [3.8, 4) is 11.5 Å². The molecular formula is C36H27BrN2O. The number of ether oxygens (including phenoxy) is 1. The van der Waals surface area contributed by atoms with Crippen molar-refractivity contribution in [3.05, 3.63) is 168 Å². The Kier molecular flexibility index (Phi) is 7.60. The van der Waals surface area contributed by atoms with Crippen molar-refractivity contribution >= 4 is 50.1 Å². The maximum absolute atomic E-state index is 6.50. The van der Waals surface area contributed by atoms with Crippen LogP contribution in [0.3, 0.4) is 0 Å². The van der Waals surface area contributed by atoms with Gasteiger partial charge in [-0.25, -0.2) is 0 Å². The lowest BCUT2D eigenvalue weighted by atomic mass is 10.1. The fraction of sp³-hybridized carbons (Fsp3) is 0. The summed E-state index contributed by atoms with van der Waals surface area (Å²) in [6.07, 6.45) is 0. The summed E-state index contributed by atoms with van der Waals surface area (Å²) in [5.74, 6) is 1.49. The smallest absolute Gasteiger partial charge is 0.131 e. The Morgan fingerprint density at radius 2 is 0.750 bits per heavy atom. The van der Waals surface area contributed by atoms with E-state index in [1.54, 1.807) is 0 Å². The Balaban J connectivity index is 1.57. The summed E-state index contributed by atoms with van der Waals surface area (Å²) >= 11 is 3.58. The molecule has 0 amide bonds. The molecule has 6 rings (SSSR count). The van der Waals surface area contributed by atoms with E-state index in [0.29, 0.717) is 0 Å². The number of para-hydroxylation sites is 4. The van der Waals surface area contributed by atoms with Gasteiger partial charge in [0.15, 0.2) is 0 Å². The Hall–Kier alpha value is -4.80. The first kappa shape index (κ1) is 25.5. The van der Waals surface area contributed by atoms with Gasteiger partial charge in [0.05, 0.1) is 11.4 Å². The quantitative estimate of drug-likeness (QED) is 0.177. The molecule has 0 aliphatic rings. The molecule has 6 aromatic rings. The van der Waals surface area contributed by atoms with E-state index in [1.165, 1.54) is 0 Å². The lowest BCUT2D eigenvalue weighted by molar-refractivity contribution is 0.482. The standard InChI is InChI=1S/C36H27BrN2O/c37-28-14-13-23-35(24-28)40-36-26-33(38(29-15-5-1-6-16-29)30-17-7-2-8-18-30)25-34(27-36)39(31-19-9-3-10-20-31)32-21-11-4-12-22-32/h1-27H. The second kappa shape index (κ2) is 11.9. The van der Waals surface area contributed by atoms with Crippen LogP contribution in [0.5, 0.6) is 11.5 Å². The summed E-state index contributed by atoms with van der Waals surface area (Å²) in [7, 11) is 0. The monoisotopic (exact) mass is 582 g/mol. The van der Waals surface area contributed by atoms with Crippen LogP contribution in [-0.4, -0.2) is 0 Å². The molecule has 0 unspecified atom stereocenters. The van der Waals surface area contributed by atoms with Gasteiger partial charge in [0, 0.05) is 39.4 Å². The Bertz CT molecular complexity index is 1500. The van der Waals surface area contributed by atoms with Crippen LogP contribution in [0, 0.1) is 0 Å². The van der Waals surface area contributed by atoms with Gasteiger partial charge in [-0.3, -0.25) is 0 Å². The number of nitrogens with zero attached hydrogens (tertiary/aromatic N) is 2. The molecule has 0 bridgehead atoms. The molecule has 0 spiro atoms. The van der Waals surface area contributed by atoms with E-state index < -0.39 is 0 Å². The SMILES string of the molecule is Brc1cccc(Oc2cc(N(c3ccccc3)c3ccccc3)cc(N(c3ccccc3)c3ccccc3)c2)c1. The highest BCUT2D eigenvalue weighted by molar-refractivity contribution is 9.10. The second-order valence-corrected chi connectivity index (χ2v) is 10.2. The van der Waals surface area contributed by atoms with Crippen LogP contribution in [0.15, 0.2) is 168 Å². The summed E-state index contributed by atoms with van der Waals surface area (Å²) in [6, 6.07) is 56.0. The molecule has 0 aliphatic heterocycles. The normalized spacial score (nSPS) is 10.6. The number of benzene rings is 6. The summed E-state index contributed by atoms with van der Waals surface area (Å²) in [4.78, 5) is 4.51. The number of halogens is 1. The minimum absolute atomic E-state index is 0.735. The highest BCUT2D eigenvalue weighted by Crippen LogP contribution is 2.43. The Morgan fingerprint density at radius 3 is 1.12 bits per heavy atom. The van der Waals surface area contributed by atoms with Crippen molar-refractivity contribution in [3.63, 3.8) is 0 Å². The molecule has 3 nitrogen and oxygen atoms in total. The summed E-state index contributed by atoms with van der Waals surface area (Å²) in [5, 5.41) is 0. The van der Waals surface area contributed by atoms with Crippen molar-refractivity contribution in [2.75, 3.05) is 9.80 Å². The highest BCUT2D eigenvalue weighted by atomic mass is 79.9. The van der Waals surface area contributed by atoms with Gasteiger partial charge in [-0.15, -0.1) is 0 Å². The number of anilines is 6. The molecular weight excluding hydrogens is 556 g/mol. The minimum Gasteiger partial charge on any atom is -0.457 e. The van der Waals surface area contributed by atoms with E-state index >= 15 is 0 Å². The van der Waals surface area contributed by atoms with Crippen LogP contribution >= 0.6 is 15.9 Å². The zero-order chi connectivity index (χ0) is 27.1. The first-order chi connectivity index (χ1) is 19.7. The van der Waals surface area contributed by atoms with Crippen LogP contribution in [0.1, 0.15) is 0 Å². The molecule has 6 aromatic carbocycles. The number of hydrogen-bond donors (Lipinski definition) is 0. The molecule has 0 saturated carbocycles. The molecule has 0 N–H and O–H groups in total. The van der Waals surface area contributed by atoms with Gasteiger partial charge < -0.3 is 14.5 Å². The molecule has 0 heterocycles. The third-order valence-electron chi connectivity index (χ3n) is 6.48. The van der Waals surface area contributed by atoms with Crippen LogP contribution in [0.2, 0.25) is 0 Å². The summed E-state index contributed by atoms with van der Waals surface area (Å²) < 4.78 is 7.47. The highest BCUT2D eigenvalue weighted by Gasteiger charge is 2.19. The van der Waals surface area contributed by atoms with E-state index in [1.807, 2.05) is 48.5 Å². The largest absolute Gasteiger partial charge is 0.457 e. The topological polar surface area (TPSA) is 15.7 Å². The van der Waals surface area contributed by atoms with E-state index in [-0.39, 0.29) is 0 Å². The van der Waals surface area contributed by atoms with Crippen LogP contribution in [-0.2, 0) is 0 Å². The van der Waals surface area contributed by atoms with Crippen molar-refractivity contribution in [1.29, 1.82) is 0 Å². The van der Waals surface area contributed by atoms with E-state index in [4.69, 9.17) is 4.74 Å². The molecule has 4 heteroatoms. The third-order valence-corrected chi connectivity index (χ3v) is 6.98. The van der Waals surface area contributed by atoms with Gasteiger partial charge in [0.2, 0.25) is 0 Å². The van der Waals surface area contributed by atoms with Gasteiger partial charge in [-0.2, -0.15) is 0 Å². The zero-order valence-electron chi connectivity index (χ0n) is 21.8. The molecule has 0 fully saturated rings. The molecule has 40 heavy (non-hydrogen) atoms. The molecule has 0 aromatic heterocycles. The summed E-state index contributed by atoms with van der Waals surface area (Å²) in [6.45, 7) is 0. The second-order valence-electron chi connectivity index (χ2n) is 9.26. The van der Waals surface area contributed by atoms with Crippen molar-refractivity contribution in [2.24, 2.45) is 0 Å². The summed E-state index contributed by atoms with van der Waals surface area (Å²) in [5.41, 5.74) is 6.21. The Morgan fingerprint density at radius 1 is 0.350 bits per heavy atom. The number of hydrogen-bond acceptors (Lipinski definition) is 3. The Labute approximate surface area is 243 Å². The van der Waals surface area contributed by atoms with Gasteiger partial charge in [0.25, 0.3) is 0 Å². The van der Waals surface area contributed by atoms with E-state index in [2.05, 4.69) is 141 Å². The van der Waals surface area contributed by atoms with Gasteiger partial charge >= 0.3 is 0 Å². The molecule has 0 radical (unpaired) electrons. The average molecular weight is 584 g/mol. The number of rotatable bonds is 8. The predicted molar refractivity (Wildman–Crippen MR) is 170 cm³/mol. The molecule has 194 valence electrons.